The molecule has 0 spiro atoms. The van der Waals surface area contributed by atoms with Crippen molar-refractivity contribution in [1.29, 1.82) is 0 Å². The summed E-state index contributed by atoms with van der Waals surface area (Å²) in [5.41, 5.74) is 0. The molecule has 0 aromatic carbocycles. The highest BCUT2D eigenvalue weighted by Gasteiger charge is 2.43. The second kappa shape index (κ2) is 3.00. The molecule has 2 heterocycles. The maximum absolute atomic E-state index is 9.84. The molecule has 4 atom stereocenters. The molecule has 70 valence electrons. The van der Waals surface area contributed by atoms with E-state index in [4.69, 9.17) is 0 Å². The maximum Gasteiger partial charge on any atom is 0.0598 e. The number of fused-ring (bicyclic) bond motifs is 2. The van der Waals surface area contributed by atoms with Crippen LogP contribution in [0.25, 0.3) is 0 Å². The normalized spacial score (nSPS) is 48.2. The number of hydrogen-bond acceptors (Lipinski definition) is 2. The summed E-state index contributed by atoms with van der Waals surface area (Å²) in [7, 11) is 2.22. The van der Waals surface area contributed by atoms with Crippen molar-refractivity contribution in [2.45, 2.75) is 50.8 Å². The van der Waals surface area contributed by atoms with E-state index in [9.17, 15) is 5.11 Å². The van der Waals surface area contributed by atoms with Crippen molar-refractivity contribution in [2.24, 2.45) is 5.92 Å². The molecule has 2 saturated heterocycles. The Morgan fingerprint density at radius 2 is 2.17 bits per heavy atom. The van der Waals surface area contributed by atoms with Crippen molar-refractivity contribution in [1.82, 2.24) is 4.90 Å². The Balaban J connectivity index is 2.14. The molecule has 2 aliphatic heterocycles. The summed E-state index contributed by atoms with van der Waals surface area (Å²) in [6, 6.07) is 1.34. The first-order chi connectivity index (χ1) is 5.74. The summed E-state index contributed by atoms with van der Waals surface area (Å²) < 4.78 is 0. The van der Waals surface area contributed by atoms with Crippen LogP contribution in [0.2, 0.25) is 0 Å². The van der Waals surface area contributed by atoms with Crippen LogP contribution in [0, 0.1) is 5.92 Å². The Hall–Kier alpha value is -0.0800. The van der Waals surface area contributed by atoms with Gasteiger partial charge in [-0.25, -0.2) is 0 Å². The van der Waals surface area contributed by atoms with Crippen LogP contribution in [0.4, 0.5) is 0 Å². The number of nitrogens with zero attached hydrogens (tertiary/aromatic N) is 1. The van der Waals surface area contributed by atoms with Gasteiger partial charge in [0.1, 0.15) is 0 Å². The van der Waals surface area contributed by atoms with Gasteiger partial charge < -0.3 is 5.11 Å². The number of piperidine rings is 1. The van der Waals surface area contributed by atoms with Gasteiger partial charge in [-0.15, -0.1) is 0 Å². The second-order valence-corrected chi connectivity index (χ2v) is 4.34. The topological polar surface area (TPSA) is 23.5 Å². The van der Waals surface area contributed by atoms with Crippen LogP contribution in [-0.4, -0.2) is 35.2 Å². The van der Waals surface area contributed by atoms with Crippen molar-refractivity contribution in [3.8, 4) is 0 Å². The Labute approximate surface area is 74.6 Å². The minimum atomic E-state index is -0.0244. The highest BCUT2D eigenvalue weighted by Crippen LogP contribution is 2.39. The summed E-state index contributed by atoms with van der Waals surface area (Å²) >= 11 is 0. The van der Waals surface area contributed by atoms with E-state index in [2.05, 4.69) is 18.9 Å². The van der Waals surface area contributed by atoms with E-state index in [0.717, 1.165) is 12.8 Å². The molecular weight excluding hydrogens is 150 g/mol. The number of aliphatic hydroxyl groups excluding tert-OH is 1. The molecule has 1 N–H and O–H groups in total. The standard InChI is InChI=1S/C10H19NO/c1-3-8-9-5-4-7(11(9)2)6-10(8)12/h7-10,12H,3-6H2,1-2H3. The first kappa shape index (κ1) is 8.52. The Morgan fingerprint density at radius 1 is 1.42 bits per heavy atom. The average molecular weight is 169 g/mol. The van der Waals surface area contributed by atoms with Crippen LogP contribution >= 0.6 is 0 Å². The van der Waals surface area contributed by atoms with E-state index >= 15 is 0 Å². The highest BCUT2D eigenvalue weighted by molar-refractivity contribution is 4.98. The summed E-state index contributed by atoms with van der Waals surface area (Å²) in [5.74, 6) is 0.536. The lowest BCUT2D eigenvalue weighted by atomic mass is 9.86. The number of rotatable bonds is 1. The second-order valence-electron chi connectivity index (χ2n) is 4.34. The van der Waals surface area contributed by atoms with E-state index in [1.807, 2.05) is 0 Å². The van der Waals surface area contributed by atoms with Gasteiger partial charge >= 0.3 is 0 Å². The first-order valence-electron chi connectivity index (χ1n) is 5.14. The summed E-state index contributed by atoms with van der Waals surface area (Å²) in [5, 5.41) is 9.84. The Kier molecular flexibility index (Phi) is 2.13. The van der Waals surface area contributed by atoms with Crippen molar-refractivity contribution in [2.75, 3.05) is 7.05 Å². The molecule has 0 aliphatic carbocycles. The van der Waals surface area contributed by atoms with Gasteiger partial charge in [0.15, 0.2) is 0 Å². The molecule has 0 aromatic rings. The fourth-order valence-corrected chi connectivity index (χ4v) is 3.10. The maximum atomic E-state index is 9.84. The summed E-state index contributed by atoms with van der Waals surface area (Å²) in [4.78, 5) is 2.49. The molecule has 0 aromatic heterocycles. The quantitative estimate of drug-likeness (QED) is 0.638. The average Bonchev–Trinajstić information content (AvgIpc) is 2.34. The Morgan fingerprint density at radius 3 is 2.83 bits per heavy atom. The minimum absolute atomic E-state index is 0.0244. The minimum Gasteiger partial charge on any atom is -0.393 e. The Bertz CT molecular complexity index is 171. The fraction of sp³-hybridized carbons (Fsp3) is 1.00. The molecule has 2 aliphatic rings. The lowest BCUT2D eigenvalue weighted by Crippen LogP contribution is -2.48. The van der Waals surface area contributed by atoms with Crippen molar-refractivity contribution in [3.05, 3.63) is 0 Å². The third-order valence-corrected chi connectivity index (χ3v) is 3.87. The van der Waals surface area contributed by atoms with E-state index in [0.29, 0.717) is 18.0 Å². The smallest absolute Gasteiger partial charge is 0.0598 e. The molecule has 0 amide bonds. The molecule has 2 nitrogen and oxygen atoms in total. The highest BCUT2D eigenvalue weighted by atomic mass is 16.3. The zero-order chi connectivity index (χ0) is 8.72. The fourth-order valence-electron chi connectivity index (χ4n) is 3.10. The van der Waals surface area contributed by atoms with Crippen LogP contribution in [0.5, 0.6) is 0 Å². The SMILES string of the molecule is CCC1C(O)CC2CCC1N2C. The van der Waals surface area contributed by atoms with Crippen LogP contribution in [-0.2, 0) is 0 Å². The number of aliphatic hydroxyl groups is 1. The van der Waals surface area contributed by atoms with Crippen LogP contribution in [0.15, 0.2) is 0 Å². The molecule has 12 heavy (non-hydrogen) atoms. The van der Waals surface area contributed by atoms with Gasteiger partial charge in [0.05, 0.1) is 6.10 Å². The van der Waals surface area contributed by atoms with Crippen molar-refractivity contribution in [3.63, 3.8) is 0 Å². The van der Waals surface area contributed by atoms with Crippen LogP contribution in [0.1, 0.15) is 32.6 Å². The zero-order valence-corrected chi connectivity index (χ0v) is 8.03. The van der Waals surface area contributed by atoms with E-state index in [1.54, 1.807) is 0 Å². The summed E-state index contributed by atoms with van der Waals surface area (Å²) in [6.45, 7) is 2.19. The molecule has 2 fully saturated rings. The zero-order valence-electron chi connectivity index (χ0n) is 8.03. The van der Waals surface area contributed by atoms with Crippen LogP contribution in [0.3, 0.4) is 0 Å². The molecule has 4 unspecified atom stereocenters. The van der Waals surface area contributed by atoms with Crippen LogP contribution < -0.4 is 0 Å². The van der Waals surface area contributed by atoms with Gasteiger partial charge in [-0.3, -0.25) is 4.90 Å². The van der Waals surface area contributed by atoms with Crippen molar-refractivity contribution >= 4 is 0 Å². The molecule has 2 heteroatoms. The molecule has 2 bridgehead atoms. The predicted molar refractivity (Wildman–Crippen MR) is 49.0 cm³/mol. The molecule has 2 rings (SSSR count). The van der Waals surface area contributed by atoms with Gasteiger partial charge in [-0.1, -0.05) is 6.92 Å². The van der Waals surface area contributed by atoms with Gasteiger partial charge in [0, 0.05) is 18.0 Å². The van der Waals surface area contributed by atoms with Gasteiger partial charge in [-0.2, -0.15) is 0 Å². The largest absolute Gasteiger partial charge is 0.393 e. The molecule has 0 saturated carbocycles. The molecule has 0 radical (unpaired) electrons. The third-order valence-electron chi connectivity index (χ3n) is 3.87. The first-order valence-corrected chi connectivity index (χ1v) is 5.14. The molecular formula is C10H19NO. The van der Waals surface area contributed by atoms with Gasteiger partial charge in [0.2, 0.25) is 0 Å². The number of hydrogen-bond donors (Lipinski definition) is 1. The summed E-state index contributed by atoms with van der Waals surface area (Å²) in [6.07, 6.45) is 4.71. The van der Waals surface area contributed by atoms with Gasteiger partial charge in [0.25, 0.3) is 0 Å². The van der Waals surface area contributed by atoms with E-state index in [-0.39, 0.29) is 6.10 Å². The van der Waals surface area contributed by atoms with Gasteiger partial charge in [-0.05, 0) is 32.7 Å². The van der Waals surface area contributed by atoms with E-state index in [1.165, 1.54) is 12.8 Å². The monoisotopic (exact) mass is 169 g/mol. The third kappa shape index (κ3) is 1.09. The van der Waals surface area contributed by atoms with E-state index < -0.39 is 0 Å². The predicted octanol–water partition coefficient (Wildman–Crippen LogP) is 1.24. The lowest BCUT2D eigenvalue weighted by Gasteiger charge is -2.40. The van der Waals surface area contributed by atoms with Crippen molar-refractivity contribution < 1.29 is 5.11 Å². The lowest BCUT2D eigenvalue weighted by molar-refractivity contribution is -0.00817.